The lowest BCUT2D eigenvalue weighted by atomic mass is 9.89. The fraction of sp³-hybridized carbons (Fsp3) is 0.357. The molecule has 114 valence electrons. The van der Waals surface area contributed by atoms with Crippen LogP contribution in [0, 0.1) is 0 Å². The van der Waals surface area contributed by atoms with Crippen LogP contribution >= 0.6 is 0 Å². The maximum absolute atomic E-state index is 12.3. The summed E-state index contributed by atoms with van der Waals surface area (Å²) in [5.41, 5.74) is 0.157. The fourth-order valence-corrected chi connectivity index (χ4v) is 3.20. The second-order valence-electron chi connectivity index (χ2n) is 5.53. The molecule has 3 aliphatic heterocycles. The van der Waals surface area contributed by atoms with Gasteiger partial charge in [-0.25, -0.2) is 23.5 Å². The maximum atomic E-state index is 12.3. The molecular weight excluding hydrogens is 288 g/mol. The van der Waals surface area contributed by atoms with Gasteiger partial charge in [-0.1, -0.05) is 30.3 Å². The Morgan fingerprint density at radius 3 is 2.32 bits per heavy atom. The Morgan fingerprint density at radius 1 is 1.00 bits per heavy atom. The predicted molar refractivity (Wildman–Crippen MR) is 77.0 cm³/mol. The standard InChI is InChI=1S/C14H14N4O4/c1-16-13(21)17-9-8(7-5-3-2-4-6-7)15-12(11(20)10(9)19)18(17)14(16)22/h2-6,9-12,19-20H,1H3. The summed E-state index contributed by atoms with van der Waals surface area (Å²) in [7, 11) is 1.36. The molecule has 8 heteroatoms. The Labute approximate surface area is 124 Å². The van der Waals surface area contributed by atoms with Crippen LogP contribution in [-0.4, -0.2) is 42.1 Å². The third-order valence-corrected chi connectivity index (χ3v) is 4.31. The Kier molecular flexibility index (Phi) is 2.57. The van der Waals surface area contributed by atoms with Gasteiger partial charge in [0.1, 0.15) is 18.2 Å². The van der Waals surface area contributed by atoms with Crippen molar-refractivity contribution in [2.75, 3.05) is 0 Å². The Balaban J connectivity index is 2.02. The Morgan fingerprint density at radius 2 is 1.64 bits per heavy atom. The molecule has 2 bridgehead atoms. The molecule has 2 N–H and O–H groups in total. The van der Waals surface area contributed by atoms with Crippen LogP contribution in [0.15, 0.2) is 44.9 Å². The molecule has 1 aromatic carbocycles. The number of nitrogens with zero attached hydrogens (tertiary/aromatic N) is 4. The topological polar surface area (TPSA) is 102 Å². The van der Waals surface area contributed by atoms with Crippen molar-refractivity contribution < 1.29 is 10.2 Å². The summed E-state index contributed by atoms with van der Waals surface area (Å²) in [6.07, 6.45) is -3.43. The van der Waals surface area contributed by atoms with E-state index in [1.54, 1.807) is 0 Å². The summed E-state index contributed by atoms with van der Waals surface area (Å²) in [4.78, 5) is 28.9. The highest BCUT2D eigenvalue weighted by molar-refractivity contribution is 6.04. The van der Waals surface area contributed by atoms with E-state index in [4.69, 9.17) is 0 Å². The quantitative estimate of drug-likeness (QED) is 0.678. The van der Waals surface area contributed by atoms with Crippen molar-refractivity contribution in [1.82, 2.24) is 13.9 Å². The van der Waals surface area contributed by atoms with Crippen molar-refractivity contribution in [3.8, 4) is 0 Å². The monoisotopic (exact) mass is 302 g/mol. The number of aromatic nitrogens is 3. The molecule has 0 radical (unpaired) electrons. The third kappa shape index (κ3) is 1.45. The molecular formula is C14H14N4O4. The summed E-state index contributed by atoms with van der Waals surface area (Å²) in [6.45, 7) is 0. The van der Waals surface area contributed by atoms with Gasteiger partial charge in [-0.05, 0) is 5.56 Å². The minimum absolute atomic E-state index is 0.496. The zero-order chi connectivity index (χ0) is 15.6. The molecule has 4 atom stereocenters. The molecule has 5 rings (SSSR count). The fourth-order valence-electron chi connectivity index (χ4n) is 3.20. The first-order chi connectivity index (χ1) is 10.5. The number of aliphatic hydroxyl groups is 2. The van der Waals surface area contributed by atoms with E-state index in [-0.39, 0.29) is 0 Å². The minimum atomic E-state index is -1.23. The van der Waals surface area contributed by atoms with E-state index in [2.05, 4.69) is 4.99 Å². The van der Waals surface area contributed by atoms with E-state index in [0.29, 0.717) is 5.71 Å². The summed E-state index contributed by atoms with van der Waals surface area (Å²) < 4.78 is 3.27. The van der Waals surface area contributed by atoms with E-state index in [1.165, 1.54) is 11.7 Å². The number of aliphatic hydroxyl groups excluding tert-OH is 2. The van der Waals surface area contributed by atoms with Gasteiger partial charge in [0.15, 0.2) is 6.17 Å². The van der Waals surface area contributed by atoms with Gasteiger partial charge in [0.25, 0.3) is 0 Å². The zero-order valence-corrected chi connectivity index (χ0v) is 11.7. The van der Waals surface area contributed by atoms with Gasteiger partial charge in [-0.15, -0.1) is 0 Å². The van der Waals surface area contributed by atoms with Crippen LogP contribution in [0.1, 0.15) is 17.8 Å². The van der Waals surface area contributed by atoms with Gasteiger partial charge in [-0.2, -0.15) is 0 Å². The maximum Gasteiger partial charge on any atom is 0.349 e. The first-order valence-electron chi connectivity index (χ1n) is 6.91. The molecule has 1 aromatic heterocycles. The van der Waals surface area contributed by atoms with Crippen molar-refractivity contribution in [3.05, 3.63) is 56.9 Å². The second kappa shape index (κ2) is 4.28. The average molecular weight is 302 g/mol. The summed E-state index contributed by atoms with van der Waals surface area (Å²) in [5.74, 6) is 0. The molecule has 0 amide bonds. The van der Waals surface area contributed by atoms with Crippen LogP contribution in [0.5, 0.6) is 0 Å². The van der Waals surface area contributed by atoms with E-state index >= 15 is 0 Å². The van der Waals surface area contributed by atoms with Crippen LogP contribution in [0.25, 0.3) is 0 Å². The first-order valence-corrected chi connectivity index (χ1v) is 6.91. The van der Waals surface area contributed by atoms with E-state index in [1.807, 2.05) is 30.3 Å². The van der Waals surface area contributed by atoms with Crippen molar-refractivity contribution in [1.29, 1.82) is 0 Å². The highest BCUT2D eigenvalue weighted by Gasteiger charge is 2.50. The predicted octanol–water partition coefficient (Wildman–Crippen LogP) is -1.37. The first kappa shape index (κ1) is 13.2. The second-order valence-corrected chi connectivity index (χ2v) is 5.53. The van der Waals surface area contributed by atoms with Crippen molar-refractivity contribution in [2.45, 2.75) is 24.4 Å². The smallest absolute Gasteiger partial charge is 0.349 e. The number of aliphatic imine (C=N–C) groups is 1. The molecule has 4 unspecified atom stereocenters. The van der Waals surface area contributed by atoms with Crippen LogP contribution in [0.3, 0.4) is 0 Å². The van der Waals surface area contributed by atoms with Gasteiger partial charge in [-0.3, -0.25) is 4.99 Å². The molecule has 0 aliphatic carbocycles. The number of fused-ring (bicyclic) bond motifs is 1. The molecule has 0 saturated heterocycles. The average Bonchev–Trinajstić information content (AvgIpc) is 2.77. The summed E-state index contributed by atoms with van der Waals surface area (Å²) in [6, 6.07) is 8.24. The highest BCUT2D eigenvalue weighted by atomic mass is 16.3. The largest absolute Gasteiger partial charge is 0.388 e. The van der Waals surface area contributed by atoms with Crippen molar-refractivity contribution >= 4 is 5.71 Å². The van der Waals surface area contributed by atoms with Gasteiger partial charge in [0, 0.05) is 7.05 Å². The van der Waals surface area contributed by atoms with E-state index < -0.39 is 35.8 Å². The van der Waals surface area contributed by atoms with E-state index in [9.17, 15) is 19.8 Å². The van der Waals surface area contributed by atoms with Gasteiger partial charge in [0.05, 0.1) is 5.71 Å². The third-order valence-electron chi connectivity index (χ3n) is 4.31. The molecule has 0 fully saturated rings. The lowest BCUT2D eigenvalue weighted by Crippen LogP contribution is -2.58. The number of rotatable bonds is 1. The number of hydrogen-bond acceptors (Lipinski definition) is 5. The van der Waals surface area contributed by atoms with Gasteiger partial charge >= 0.3 is 11.4 Å². The van der Waals surface area contributed by atoms with Crippen LogP contribution in [0.4, 0.5) is 0 Å². The molecule has 0 saturated carbocycles. The SMILES string of the molecule is Cn1c(=O)n2n(c1=O)C1C(c3ccccc3)=NC2C(O)C1O. The van der Waals surface area contributed by atoms with Crippen molar-refractivity contribution in [2.24, 2.45) is 12.0 Å². The lowest BCUT2D eigenvalue weighted by Gasteiger charge is -2.43. The normalized spacial score (nSPS) is 29.3. The minimum Gasteiger partial charge on any atom is -0.388 e. The highest BCUT2D eigenvalue weighted by Crippen LogP contribution is 2.36. The molecule has 8 nitrogen and oxygen atoms in total. The Bertz CT molecular complexity index is 892. The molecule has 4 heterocycles. The number of benzene rings is 1. The van der Waals surface area contributed by atoms with Gasteiger partial charge < -0.3 is 10.2 Å². The Hall–Kier alpha value is -2.45. The van der Waals surface area contributed by atoms with E-state index in [0.717, 1.165) is 14.8 Å². The lowest BCUT2D eigenvalue weighted by molar-refractivity contribution is -0.0703. The molecule has 0 spiro atoms. The van der Waals surface area contributed by atoms with Gasteiger partial charge in [0.2, 0.25) is 0 Å². The van der Waals surface area contributed by atoms with Crippen LogP contribution in [-0.2, 0) is 7.05 Å². The molecule has 2 aromatic rings. The molecule has 22 heavy (non-hydrogen) atoms. The zero-order valence-electron chi connectivity index (χ0n) is 11.7. The number of hydrogen-bond donors (Lipinski definition) is 2. The molecule has 3 aliphatic rings. The summed E-state index contributed by atoms with van der Waals surface area (Å²) in [5, 5.41) is 20.5. The van der Waals surface area contributed by atoms with Crippen LogP contribution in [0.2, 0.25) is 0 Å². The van der Waals surface area contributed by atoms with Crippen LogP contribution < -0.4 is 11.4 Å². The van der Waals surface area contributed by atoms with Crippen molar-refractivity contribution in [3.63, 3.8) is 0 Å². The summed E-state index contributed by atoms with van der Waals surface area (Å²) >= 11 is 0.